The summed E-state index contributed by atoms with van der Waals surface area (Å²) >= 11 is 3.46. The summed E-state index contributed by atoms with van der Waals surface area (Å²) in [5.41, 5.74) is 4.01. The van der Waals surface area contributed by atoms with Gasteiger partial charge in [0.05, 0.1) is 5.69 Å². The number of amides is 1. The van der Waals surface area contributed by atoms with Crippen molar-refractivity contribution in [3.63, 3.8) is 0 Å². The van der Waals surface area contributed by atoms with E-state index in [0.717, 1.165) is 27.7 Å². The summed E-state index contributed by atoms with van der Waals surface area (Å²) in [6.07, 6.45) is 0.751. The molecule has 2 heterocycles. The molecule has 1 N–H and O–H groups in total. The zero-order valence-electron chi connectivity index (χ0n) is 13.3. The first-order valence-corrected chi connectivity index (χ1v) is 8.22. The van der Waals surface area contributed by atoms with Crippen molar-refractivity contribution in [2.24, 2.45) is 7.05 Å². The highest BCUT2D eigenvalue weighted by Gasteiger charge is 2.14. The van der Waals surface area contributed by atoms with Crippen LogP contribution in [0.15, 0.2) is 33.2 Å². The molecular formula is C17H18BrN3O2. The summed E-state index contributed by atoms with van der Waals surface area (Å²) in [4.78, 5) is 12.2. The fraction of sp³-hybridized carbons (Fsp3) is 0.294. The van der Waals surface area contributed by atoms with Crippen LogP contribution in [0, 0.1) is 13.8 Å². The maximum Gasteiger partial charge on any atom is 0.287 e. The lowest BCUT2D eigenvalue weighted by atomic mass is 10.1. The molecule has 0 spiro atoms. The van der Waals surface area contributed by atoms with E-state index in [2.05, 4.69) is 26.3 Å². The summed E-state index contributed by atoms with van der Waals surface area (Å²) in [6.45, 7) is 4.57. The van der Waals surface area contributed by atoms with Crippen LogP contribution >= 0.6 is 15.9 Å². The van der Waals surface area contributed by atoms with Gasteiger partial charge in [-0.3, -0.25) is 9.48 Å². The topological polar surface area (TPSA) is 60.1 Å². The van der Waals surface area contributed by atoms with Crippen LogP contribution in [0.3, 0.4) is 0 Å². The number of aryl methyl sites for hydroxylation is 2. The lowest BCUT2D eigenvalue weighted by molar-refractivity contribution is 0.0928. The SMILES string of the molecule is Cc1nn(C)c(C)c1CCNC(=O)c1cc2c(Br)cccc2o1. The summed E-state index contributed by atoms with van der Waals surface area (Å²) in [5, 5.41) is 8.19. The summed E-state index contributed by atoms with van der Waals surface area (Å²) < 4.78 is 8.39. The van der Waals surface area contributed by atoms with E-state index in [1.807, 2.05) is 43.8 Å². The molecule has 0 saturated heterocycles. The van der Waals surface area contributed by atoms with Crippen LogP contribution in [-0.2, 0) is 13.5 Å². The number of halogens is 1. The quantitative estimate of drug-likeness (QED) is 0.758. The van der Waals surface area contributed by atoms with Crippen LogP contribution < -0.4 is 5.32 Å². The molecule has 0 saturated carbocycles. The van der Waals surface area contributed by atoms with Crippen molar-refractivity contribution in [3.8, 4) is 0 Å². The van der Waals surface area contributed by atoms with E-state index in [9.17, 15) is 4.79 Å². The first kappa shape index (κ1) is 15.8. The van der Waals surface area contributed by atoms with Gasteiger partial charge in [-0.15, -0.1) is 0 Å². The number of fused-ring (bicyclic) bond motifs is 1. The molecule has 3 rings (SSSR count). The largest absolute Gasteiger partial charge is 0.451 e. The van der Waals surface area contributed by atoms with Gasteiger partial charge in [0.25, 0.3) is 5.91 Å². The lowest BCUT2D eigenvalue weighted by Crippen LogP contribution is -2.25. The molecule has 0 atom stereocenters. The molecule has 3 aromatic rings. The monoisotopic (exact) mass is 375 g/mol. The minimum Gasteiger partial charge on any atom is -0.451 e. The Balaban J connectivity index is 1.68. The highest BCUT2D eigenvalue weighted by Crippen LogP contribution is 2.26. The standard InChI is InChI=1S/C17H18BrN3O2/c1-10-12(11(2)21(3)20-10)7-8-19-17(22)16-9-13-14(18)5-4-6-15(13)23-16/h4-6,9H,7-8H2,1-3H3,(H,19,22). The molecule has 1 aromatic carbocycles. The molecule has 23 heavy (non-hydrogen) atoms. The highest BCUT2D eigenvalue weighted by atomic mass is 79.9. The van der Waals surface area contributed by atoms with E-state index < -0.39 is 0 Å². The Morgan fingerprint density at radius 2 is 2.17 bits per heavy atom. The smallest absolute Gasteiger partial charge is 0.287 e. The number of carbonyl (C=O) groups excluding carboxylic acids is 1. The molecular weight excluding hydrogens is 358 g/mol. The molecule has 0 bridgehead atoms. The molecule has 6 heteroatoms. The average Bonchev–Trinajstić information content (AvgIpc) is 3.05. The van der Waals surface area contributed by atoms with Gasteiger partial charge in [-0.2, -0.15) is 5.10 Å². The van der Waals surface area contributed by atoms with Gasteiger partial charge in [0.15, 0.2) is 5.76 Å². The Labute approximate surface area is 142 Å². The van der Waals surface area contributed by atoms with E-state index in [4.69, 9.17) is 4.42 Å². The van der Waals surface area contributed by atoms with Crippen LogP contribution in [0.25, 0.3) is 11.0 Å². The van der Waals surface area contributed by atoms with E-state index in [-0.39, 0.29) is 5.91 Å². The summed E-state index contributed by atoms with van der Waals surface area (Å²) in [5.74, 6) is 0.124. The van der Waals surface area contributed by atoms with Gasteiger partial charge in [-0.05, 0) is 44.0 Å². The number of hydrogen-bond acceptors (Lipinski definition) is 3. The second-order valence-corrected chi connectivity index (χ2v) is 6.40. The maximum atomic E-state index is 12.2. The molecule has 0 aliphatic carbocycles. The predicted molar refractivity (Wildman–Crippen MR) is 92.6 cm³/mol. The number of nitrogens with zero attached hydrogens (tertiary/aromatic N) is 2. The summed E-state index contributed by atoms with van der Waals surface area (Å²) in [7, 11) is 1.93. The molecule has 0 unspecified atom stereocenters. The minimum atomic E-state index is -0.202. The maximum absolute atomic E-state index is 12.2. The number of furan rings is 1. The van der Waals surface area contributed by atoms with Gasteiger partial charge in [0.2, 0.25) is 0 Å². The van der Waals surface area contributed by atoms with E-state index in [0.29, 0.717) is 17.9 Å². The second kappa shape index (κ2) is 6.20. The van der Waals surface area contributed by atoms with Crippen molar-refractivity contribution < 1.29 is 9.21 Å². The molecule has 1 amide bonds. The zero-order chi connectivity index (χ0) is 16.6. The predicted octanol–water partition coefficient (Wildman–Crippen LogP) is 3.52. The lowest BCUT2D eigenvalue weighted by Gasteiger charge is -2.04. The van der Waals surface area contributed by atoms with E-state index >= 15 is 0 Å². The average molecular weight is 376 g/mol. The first-order chi connectivity index (χ1) is 11.0. The van der Waals surface area contributed by atoms with Crippen molar-refractivity contribution in [1.29, 1.82) is 0 Å². The molecule has 0 aliphatic heterocycles. The Bertz CT molecular complexity index is 879. The third-order valence-corrected chi connectivity index (χ3v) is 4.74. The fourth-order valence-electron chi connectivity index (χ4n) is 2.70. The van der Waals surface area contributed by atoms with Gasteiger partial charge in [-0.25, -0.2) is 0 Å². The Morgan fingerprint density at radius 3 is 2.83 bits per heavy atom. The van der Waals surface area contributed by atoms with Gasteiger partial charge in [-0.1, -0.05) is 22.0 Å². The number of carbonyl (C=O) groups is 1. The van der Waals surface area contributed by atoms with Crippen molar-refractivity contribution in [3.05, 3.63) is 51.4 Å². The third kappa shape index (κ3) is 3.03. The van der Waals surface area contributed by atoms with E-state index in [1.165, 1.54) is 5.56 Å². The van der Waals surface area contributed by atoms with Crippen LogP contribution in [0.4, 0.5) is 0 Å². The number of benzene rings is 1. The fourth-order valence-corrected chi connectivity index (χ4v) is 3.17. The van der Waals surface area contributed by atoms with Gasteiger partial charge >= 0.3 is 0 Å². The number of hydrogen-bond donors (Lipinski definition) is 1. The number of aromatic nitrogens is 2. The van der Waals surface area contributed by atoms with Crippen LogP contribution in [0.2, 0.25) is 0 Å². The highest BCUT2D eigenvalue weighted by molar-refractivity contribution is 9.10. The first-order valence-electron chi connectivity index (χ1n) is 7.42. The van der Waals surface area contributed by atoms with Crippen molar-refractivity contribution in [2.75, 3.05) is 6.54 Å². The van der Waals surface area contributed by atoms with Crippen molar-refractivity contribution >= 4 is 32.8 Å². The Kier molecular flexibility index (Phi) is 4.26. The summed E-state index contributed by atoms with van der Waals surface area (Å²) in [6, 6.07) is 7.41. The molecule has 120 valence electrons. The molecule has 0 fully saturated rings. The normalized spacial score (nSPS) is 11.1. The van der Waals surface area contributed by atoms with Crippen LogP contribution in [0.1, 0.15) is 27.5 Å². The van der Waals surface area contributed by atoms with Gasteiger partial charge < -0.3 is 9.73 Å². The van der Waals surface area contributed by atoms with Crippen LogP contribution in [0.5, 0.6) is 0 Å². The van der Waals surface area contributed by atoms with Gasteiger partial charge in [0, 0.05) is 29.1 Å². The Hall–Kier alpha value is -2.08. The van der Waals surface area contributed by atoms with Crippen molar-refractivity contribution in [1.82, 2.24) is 15.1 Å². The minimum absolute atomic E-state index is 0.202. The molecule has 0 aliphatic rings. The third-order valence-electron chi connectivity index (χ3n) is 4.05. The number of rotatable bonds is 4. The molecule has 0 radical (unpaired) electrons. The van der Waals surface area contributed by atoms with Crippen molar-refractivity contribution in [2.45, 2.75) is 20.3 Å². The zero-order valence-corrected chi connectivity index (χ0v) is 14.9. The van der Waals surface area contributed by atoms with Crippen LogP contribution in [-0.4, -0.2) is 22.2 Å². The number of nitrogens with one attached hydrogen (secondary N) is 1. The second-order valence-electron chi connectivity index (χ2n) is 5.54. The van der Waals surface area contributed by atoms with E-state index in [1.54, 1.807) is 6.07 Å². The molecule has 2 aromatic heterocycles. The Morgan fingerprint density at radius 1 is 1.39 bits per heavy atom. The molecule has 5 nitrogen and oxygen atoms in total. The van der Waals surface area contributed by atoms with Gasteiger partial charge in [0.1, 0.15) is 5.58 Å².